The maximum Gasteiger partial charge on any atom is 0.251 e. The topological polar surface area (TPSA) is 88.4 Å². The van der Waals surface area contributed by atoms with Crippen molar-refractivity contribution in [2.45, 2.75) is 11.4 Å². The molecule has 0 aliphatic carbocycles. The molecule has 2 rings (SSSR count). The molecule has 2 aromatic rings. The lowest BCUT2D eigenvalue weighted by molar-refractivity contribution is 0.0963. The Morgan fingerprint density at radius 3 is 2.45 bits per heavy atom. The molecule has 6 nitrogen and oxygen atoms in total. The Kier molecular flexibility index (Phi) is 4.21. The molecule has 1 aromatic carbocycles. The zero-order valence-corrected chi connectivity index (χ0v) is 11.6. The molecule has 0 fully saturated rings. The van der Waals surface area contributed by atoms with Gasteiger partial charge in [0.1, 0.15) is 5.76 Å². The van der Waals surface area contributed by atoms with Crippen LogP contribution in [-0.4, -0.2) is 21.4 Å². The molecule has 1 amide bonds. The predicted octanol–water partition coefficient (Wildman–Crippen LogP) is 1.12. The number of benzene rings is 1. The number of amides is 1. The van der Waals surface area contributed by atoms with Gasteiger partial charge in [-0.05, 0) is 36.4 Å². The Morgan fingerprint density at radius 2 is 1.90 bits per heavy atom. The van der Waals surface area contributed by atoms with Crippen molar-refractivity contribution in [1.29, 1.82) is 0 Å². The molecule has 0 aliphatic heterocycles. The van der Waals surface area contributed by atoms with Gasteiger partial charge in [0, 0.05) is 12.6 Å². The first-order chi connectivity index (χ1) is 9.53. The lowest BCUT2D eigenvalue weighted by atomic mass is 10.2. The summed E-state index contributed by atoms with van der Waals surface area (Å²) in [6.45, 7) is 0.0759. The van der Waals surface area contributed by atoms with E-state index in [-0.39, 0.29) is 17.3 Å². The van der Waals surface area contributed by atoms with Gasteiger partial charge in [0.25, 0.3) is 5.91 Å². The molecule has 7 heteroatoms. The first kappa shape index (κ1) is 14.3. The summed E-state index contributed by atoms with van der Waals surface area (Å²) in [6, 6.07) is 9.05. The number of nitrogens with one attached hydrogen (secondary N) is 2. The summed E-state index contributed by atoms with van der Waals surface area (Å²) in [5.41, 5.74) is 0.400. The van der Waals surface area contributed by atoms with E-state index in [1.807, 2.05) is 0 Å². The van der Waals surface area contributed by atoms with E-state index in [9.17, 15) is 13.2 Å². The Labute approximate surface area is 116 Å². The minimum atomic E-state index is -3.63. The largest absolute Gasteiger partial charge is 0.468 e. The second-order valence-electron chi connectivity index (χ2n) is 4.01. The Morgan fingerprint density at radius 1 is 1.20 bits per heavy atom. The molecule has 106 valence electrons. The number of carbonyl (C=O) groups is 1. The summed E-state index contributed by atoms with van der Waals surface area (Å²) >= 11 is 0. The van der Waals surface area contributed by atoms with E-state index in [1.54, 1.807) is 12.1 Å². The fraction of sp³-hybridized carbons (Fsp3) is 0.154. The standard InChI is InChI=1S/C13H14N2O4S/c1-14-13(16)10-4-6-12(7-5-10)20(17,18)15-9-11-3-2-8-19-11/h2-8,15H,9H2,1H3,(H,14,16). The van der Waals surface area contributed by atoms with Crippen LogP contribution in [0.15, 0.2) is 52.0 Å². The molecule has 0 unspecified atom stereocenters. The number of rotatable bonds is 5. The number of hydrogen-bond donors (Lipinski definition) is 2. The molecule has 0 atom stereocenters. The third kappa shape index (κ3) is 3.25. The third-order valence-electron chi connectivity index (χ3n) is 2.67. The van der Waals surface area contributed by atoms with Crippen molar-refractivity contribution in [2.24, 2.45) is 0 Å². The molecule has 0 bridgehead atoms. The fourth-order valence-electron chi connectivity index (χ4n) is 1.59. The first-order valence-corrected chi connectivity index (χ1v) is 7.35. The predicted molar refractivity (Wildman–Crippen MR) is 72.6 cm³/mol. The van der Waals surface area contributed by atoms with Crippen LogP contribution in [0.25, 0.3) is 0 Å². The van der Waals surface area contributed by atoms with Crippen molar-refractivity contribution in [2.75, 3.05) is 7.05 Å². The summed E-state index contributed by atoms with van der Waals surface area (Å²) < 4.78 is 31.5. The van der Waals surface area contributed by atoms with Gasteiger partial charge < -0.3 is 9.73 Å². The summed E-state index contributed by atoms with van der Waals surface area (Å²) in [5, 5.41) is 2.47. The van der Waals surface area contributed by atoms with Crippen molar-refractivity contribution in [3.05, 3.63) is 54.0 Å². The van der Waals surface area contributed by atoms with Crippen LogP contribution < -0.4 is 10.0 Å². The first-order valence-electron chi connectivity index (χ1n) is 5.87. The van der Waals surface area contributed by atoms with E-state index < -0.39 is 10.0 Å². The van der Waals surface area contributed by atoms with E-state index in [1.165, 1.54) is 37.6 Å². The molecule has 0 spiro atoms. The molecule has 20 heavy (non-hydrogen) atoms. The van der Waals surface area contributed by atoms with Crippen LogP contribution in [0.2, 0.25) is 0 Å². The van der Waals surface area contributed by atoms with Gasteiger partial charge in [0.15, 0.2) is 0 Å². The maximum absolute atomic E-state index is 12.0. The summed E-state index contributed by atoms with van der Waals surface area (Å²) in [5.74, 6) is 0.257. The highest BCUT2D eigenvalue weighted by atomic mass is 32.2. The van der Waals surface area contributed by atoms with Gasteiger partial charge in [-0.15, -0.1) is 0 Å². The van der Waals surface area contributed by atoms with Gasteiger partial charge in [-0.3, -0.25) is 4.79 Å². The molecule has 1 aromatic heterocycles. The van der Waals surface area contributed by atoms with Crippen LogP contribution >= 0.6 is 0 Å². The van der Waals surface area contributed by atoms with Gasteiger partial charge in [-0.25, -0.2) is 13.1 Å². The van der Waals surface area contributed by atoms with Crippen LogP contribution in [0.4, 0.5) is 0 Å². The maximum atomic E-state index is 12.0. The summed E-state index contributed by atoms with van der Waals surface area (Å²) in [7, 11) is -2.12. The normalized spacial score (nSPS) is 11.2. The van der Waals surface area contributed by atoms with Crippen molar-refractivity contribution >= 4 is 15.9 Å². The average molecular weight is 294 g/mol. The lowest BCUT2D eigenvalue weighted by Gasteiger charge is -2.06. The molecular weight excluding hydrogens is 280 g/mol. The molecule has 0 radical (unpaired) electrons. The smallest absolute Gasteiger partial charge is 0.251 e. The highest BCUT2D eigenvalue weighted by molar-refractivity contribution is 7.89. The van der Waals surface area contributed by atoms with Gasteiger partial charge in [0.2, 0.25) is 10.0 Å². The molecule has 0 aliphatic rings. The van der Waals surface area contributed by atoms with Crippen LogP contribution in [0.5, 0.6) is 0 Å². The van der Waals surface area contributed by atoms with Crippen molar-refractivity contribution in [3.63, 3.8) is 0 Å². The number of carbonyl (C=O) groups excluding carboxylic acids is 1. The monoisotopic (exact) mass is 294 g/mol. The quantitative estimate of drug-likeness (QED) is 0.865. The van der Waals surface area contributed by atoms with Gasteiger partial charge in [-0.2, -0.15) is 0 Å². The van der Waals surface area contributed by atoms with Crippen molar-refractivity contribution < 1.29 is 17.6 Å². The van der Waals surface area contributed by atoms with E-state index in [0.29, 0.717) is 11.3 Å². The zero-order chi connectivity index (χ0) is 14.6. The Hall–Kier alpha value is -2.12. The van der Waals surface area contributed by atoms with Crippen molar-refractivity contribution in [1.82, 2.24) is 10.0 Å². The van der Waals surface area contributed by atoms with E-state index >= 15 is 0 Å². The van der Waals surface area contributed by atoms with E-state index in [4.69, 9.17) is 4.42 Å². The fourth-order valence-corrected chi connectivity index (χ4v) is 2.59. The second kappa shape index (κ2) is 5.89. The SMILES string of the molecule is CNC(=O)c1ccc(S(=O)(=O)NCc2ccco2)cc1. The average Bonchev–Trinajstić information content (AvgIpc) is 2.98. The molecule has 2 N–H and O–H groups in total. The highest BCUT2D eigenvalue weighted by Gasteiger charge is 2.15. The minimum absolute atomic E-state index is 0.0759. The lowest BCUT2D eigenvalue weighted by Crippen LogP contribution is -2.23. The van der Waals surface area contributed by atoms with Gasteiger partial charge >= 0.3 is 0 Å². The van der Waals surface area contributed by atoms with E-state index in [2.05, 4.69) is 10.0 Å². The third-order valence-corrected chi connectivity index (χ3v) is 4.09. The molecular formula is C13H14N2O4S. The zero-order valence-electron chi connectivity index (χ0n) is 10.8. The van der Waals surface area contributed by atoms with Crippen LogP contribution in [0.3, 0.4) is 0 Å². The molecule has 0 saturated heterocycles. The molecule has 0 saturated carbocycles. The van der Waals surface area contributed by atoms with E-state index in [0.717, 1.165) is 0 Å². The van der Waals surface area contributed by atoms with Gasteiger partial charge in [-0.1, -0.05) is 0 Å². The Balaban J connectivity index is 2.11. The summed E-state index contributed by atoms with van der Waals surface area (Å²) in [4.78, 5) is 11.5. The number of hydrogen-bond acceptors (Lipinski definition) is 4. The minimum Gasteiger partial charge on any atom is -0.468 e. The van der Waals surface area contributed by atoms with Crippen LogP contribution in [0.1, 0.15) is 16.1 Å². The van der Waals surface area contributed by atoms with Crippen LogP contribution in [-0.2, 0) is 16.6 Å². The highest BCUT2D eigenvalue weighted by Crippen LogP contribution is 2.11. The molecule has 1 heterocycles. The van der Waals surface area contributed by atoms with Crippen molar-refractivity contribution in [3.8, 4) is 0 Å². The van der Waals surface area contributed by atoms with Crippen LogP contribution in [0, 0.1) is 0 Å². The number of furan rings is 1. The van der Waals surface area contributed by atoms with Gasteiger partial charge in [0.05, 0.1) is 17.7 Å². The second-order valence-corrected chi connectivity index (χ2v) is 5.77. The summed E-state index contributed by atoms with van der Waals surface area (Å²) in [6.07, 6.45) is 1.47. The number of sulfonamides is 1. The Bertz CT molecular complexity index is 676.